The van der Waals surface area contributed by atoms with Gasteiger partial charge in [0.2, 0.25) is 0 Å². The molecule has 0 aromatic carbocycles. The molecule has 0 fully saturated rings. The summed E-state index contributed by atoms with van der Waals surface area (Å²) in [5.41, 5.74) is 0. The first-order valence-corrected chi connectivity index (χ1v) is 53.3. The van der Waals surface area contributed by atoms with Crippen molar-refractivity contribution in [1.29, 1.82) is 0 Å². The van der Waals surface area contributed by atoms with E-state index in [1.165, 1.54) is 450 Å². The molecule has 8 nitrogen and oxygen atoms in total. The molecule has 0 amide bonds. The van der Waals surface area contributed by atoms with Gasteiger partial charge < -0.3 is 19.8 Å². The minimum Gasteiger partial charge on any atom is -0.481 e. The van der Waals surface area contributed by atoms with E-state index in [1.54, 1.807) is 0 Å². The Morgan fingerprint density at radius 3 is 0.588 bits per heavy atom. The monoisotopic (exact) mass is 1610 g/mol. The topological polar surface area (TPSA) is 84.4 Å². The van der Waals surface area contributed by atoms with Crippen molar-refractivity contribution in [2.24, 2.45) is 11.8 Å². The molecule has 680 valence electrons. The molecular formula is C106H212N4O4. The highest BCUT2D eigenvalue weighted by Crippen LogP contribution is 2.28. The van der Waals surface area contributed by atoms with Crippen molar-refractivity contribution >= 4 is 17.5 Å². The molecule has 0 aromatic rings. The van der Waals surface area contributed by atoms with Gasteiger partial charge in [0.05, 0.1) is 12.0 Å². The zero-order valence-electron chi connectivity index (χ0n) is 79.7. The van der Waals surface area contributed by atoms with E-state index < -0.39 is 17.8 Å². The van der Waals surface area contributed by atoms with E-state index in [4.69, 9.17) is 0 Å². The summed E-state index contributed by atoms with van der Waals surface area (Å²) in [5.74, 6) is -1.60. The van der Waals surface area contributed by atoms with Crippen molar-refractivity contribution in [2.75, 3.05) is 72.0 Å². The molecule has 3 unspecified atom stereocenters. The molecule has 0 aliphatic rings. The van der Waals surface area contributed by atoms with Crippen molar-refractivity contribution in [2.45, 2.75) is 582 Å². The van der Waals surface area contributed by atoms with Crippen LogP contribution in [0.2, 0.25) is 0 Å². The molecule has 0 aromatic heterocycles. The molecule has 114 heavy (non-hydrogen) atoms. The highest BCUT2D eigenvalue weighted by molar-refractivity contribution is 5.92. The maximum Gasteiger partial charge on any atom is 0.306 e. The van der Waals surface area contributed by atoms with Crippen LogP contribution >= 0.6 is 0 Å². The normalized spacial score (nSPS) is 12.8. The molecule has 0 rings (SSSR count). The van der Waals surface area contributed by atoms with Crippen LogP contribution in [0, 0.1) is 11.8 Å². The Hall–Kier alpha value is -1.35. The minimum atomic E-state index is -0.826. The van der Waals surface area contributed by atoms with Crippen LogP contribution < -0.4 is 0 Å². The number of ketones is 2. The third-order valence-corrected chi connectivity index (χ3v) is 26.5. The second-order valence-electron chi connectivity index (χ2n) is 37.5. The van der Waals surface area contributed by atoms with Crippen LogP contribution in [0.4, 0.5) is 0 Å². The summed E-state index contributed by atoms with van der Waals surface area (Å²) in [7, 11) is 0. The molecule has 1 N–H and O–H groups in total. The quantitative estimate of drug-likeness (QED) is 0.0603. The first-order chi connectivity index (χ1) is 56.1. The van der Waals surface area contributed by atoms with Crippen molar-refractivity contribution in [1.82, 2.24) is 19.6 Å². The Bertz CT molecular complexity index is 1810. The van der Waals surface area contributed by atoms with Gasteiger partial charge in [0.25, 0.3) is 0 Å². The number of nitrogens with zero attached hydrogens (tertiary/aromatic N) is 4. The van der Waals surface area contributed by atoms with Gasteiger partial charge in [-0.25, -0.2) is 0 Å². The van der Waals surface area contributed by atoms with Crippen LogP contribution in [0.5, 0.6) is 0 Å². The van der Waals surface area contributed by atoms with Crippen molar-refractivity contribution in [3.8, 4) is 0 Å². The highest BCUT2D eigenvalue weighted by Gasteiger charge is 2.32. The lowest BCUT2D eigenvalue weighted by molar-refractivity contribution is -0.144. The molecular weight excluding hydrogens is 1390 g/mol. The van der Waals surface area contributed by atoms with Crippen LogP contribution in [0.1, 0.15) is 575 Å². The van der Waals surface area contributed by atoms with Crippen molar-refractivity contribution < 1.29 is 19.5 Å². The van der Waals surface area contributed by atoms with Crippen LogP contribution in [0.25, 0.3) is 0 Å². The summed E-state index contributed by atoms with van der Waals surface area (Å²) in [6.07, 6.45) is 102. The molecule has 0 heterocycles. The average Bonchev–Trinajstić information content (AvgIpc) is 0.855. The molecule has 0 aliphatic heterocycles. The number of hydrogen-bond donors (Lipinski definition) is 1. The number of carbonyl (C=O) groups is 3. The third-order valence-electron chi connectivity index (χ3n) is 26.5. The molecule has 0 saturated carbocycles. The highest BCUT2D eigenvalue weighted by atomic mass is 16.4. The van der Waals surface area contributed by atoms with E-state index in [-0.39, 0.29) is 30.4 Å². The Labute approximate surface area is 717 Å². The number of rotatable bonds is 101. The number of unbranched alkanes of at least 4 members (excludes halogenated alkanes) is 66. The fourth-order valence-electron chi connectivity index (χ4n) is 18.4. The van der Waals surface area contributed by atoms with Gasteiger partial charge in [-0.05, 0) is 155 Å². The minimum absolute atomic E-state index is 0.0590. The molecule has 0 aliphatic carbocycles. The molecule has 0 radical (unpaired) electrons. The smallest absolute Gasteiger partial charge is 0.306 e. The lowest BCUT2D eigenvalue weighted by Gasteiger charge is -2.32. The summed E-state index contributed by atoms with van der Waals surface area (Å²) in [6, 6.07) is -0.190. The van der Waals surface area contributed by atoms with Gasteiger partial charge in [-0.15, -0.1) is 0 Å². The second-order valence-corrected chi connectivity index (χ2v) is 37.5. The zero-order chi connectivity index (χ0) is 82.8. The number of Topliss-reactive ketones (excluding diaryl/α,β-unsaturated/α-hetero) is 2. The molecule has 8 heteroatoms. The van der Waals surface area contributed by atoms with Gasteiger partial charge in [0.1, 0.15) is 5.78 Å². The maximum absolute atomic E-state index is 16.1. The lowest BCUT2D eigenvalue weighted by atomic mass is 9.84. The SMILES string of the molecule is CCCCCCCCCCCCN(CC)CCCCC(CC(=O)C(CCCCN(CCCCCCCCCCCC)CCCCCCCCCCCC)CC(=O)C(CCCCN(CCCCCCCCCCCC)CCCCCCCCCCCC)N(CCCCCCCCCCCC)CCCCCCCCCCCC)C(=O)O. The van der Waals surface area contributed by atoms with Crippen LogP contribution in [-0.4, -0.2) is 120 Å². The lowest BCUT2D eigenvalue weighted by Crippen LogP contribution is -2.43. The Balaban J connectivity index is 7.24. The Kier molecular flexibility index (Phi) is 92.8. The fraction of sp³-hybridized carbons (Fsp3) is 0.972. The van der Waals surface area contributed by atoms with Gasteiger partial charge in [-0.2, -0.15) is 0 Å². The van der Waals surface area contributed by atoms with Crippen molar-refractivity contribution in [3.63, 3.8) is 0 Å². The molecule has 0 bridgehead atoms. The number of carboxylic acids is 1. The summed E-state index contributed by atoms with van der Waals surface area (Å²) < 4.78 is 0. The van der Waals surface area contributed by atoms with Gasteiger partial charge >= 0.3 is 5.97 Å². The largest absolute Gasteiger partial charge is 0.481 e. The maximum atomic E-state index is 16.1. The van der Waals surface area contributed by atoms with Gasteiger partial charge in [0, 0.05) is 18.8 Å². The predicted octanol–water partition coefficient (Wildman–Crippen LogP) is 33.8. The van der Waals surface area contributed by atoms with Gasteiger partial charge in [0.15, 0.2) is 5.78 Å². The summed E-state index contributed by atoms with van der Waals surface area (Å²) >= 11 is 0. The van der Waals surface area contributed by atoms with Gasteiger partial charge in [-0.3, -0.25) is 19.3 Å². The number of carbonyl (C=O) groups excluding carboxylic acids is 2. The van der Waals surface area contributed by atoms with Crippen LogP contribution in [0.3, 0.4) is 0 Å². The Morgan fingerprint density at radius 1 is 0.193 bits per heavy atom. The Morgan fingerprint density at radius 2 is 0.368 bits per heavy atom. The van der Waals surface area contributed by atoms with E-state index >= 15 is 9.59 Å². The fourth-order valence-corrected chi connectivity index (χ4v) is 18.4. The standard InChI is InChI=1S/C106H212N4O4/c1-9-17-24-31-38-45-52-59-66-76-89-107(16-8)90-83-74-87-102(106(113)114)100-104(111)101(86-73-84-95-108(91-77-67-60-53-46-39-32-25-18-10-2)92-78-68-61-54-47-40-33-26-19-11-3)99-105(112)103(110(97-81-71-64-57-50-43-36-29-22-14-6)98-82-72-65-58-51-44-37-30-23-15-7)88-75-85-96-109(93-79-69-62-55-48-41-34-27-20-12-4)94-80-70-63-56-49-42-35-28-21-13-5/h101-103H,9-100H2,1-8H3,(H,113,114). The first kappa shape index (κ1) is 113. The van der Waals surface area contributed by atoms with E-state index in [1.807, 2.05) is 0 Å². The third kappa shape index (κ3) is 79.1. The summed E-state index contributed by atoms with van der Waals surface area (Å²) in [6.45, 7) is 30.5. The summed E-state index contributed by atoms with van der Waals surface area (Å²) in [5, 5.41) is 11.0. The number of hydrogen-bond acceptors (Lipinski definition) is 7. The number of aliphatic carboxylic acids is 1. The van der Waals surface area contributed by atoms with E-state index in [0.717, 1.165) is 117 Å². The zero-order valence-corrected chi connectivity index (χ0v) is 79.7. The van der Waals surface area contributed by atoms with Crippen LogP contribution in [-0.2, 0) is 14.4 Å². The second kappa shape index (κ2) is 93.9. The predicted molar refractivity (Wildman–Crippen MR) is 509 cm³/mol. The van der Waals surface area contributed by atoms with Crippen LogP contribution in [0.15, 0.2) is 0 Å². The molecule has 0 spiro atoms. The van der Waals surface area contributed by atoms with E-state index in [2.05, 4.69) is 75.0 Å². The average molecular weight is 1610 g/mol. The first-order valence-electron chi connectivity index (χ1n) is 53.3. The summed E-state index contributed by atoms with van der Waals surface area (Å²) in [4.78, 5) is 55.8. The van der Waals surface area contributed by atoms with Gasteiger partial charge in [-0.1, -0.05) is 479 Å². The van der Waals surface area contributed by atoms with E-state index in [0.29, 0.717) is 12.8 Å². The van der Waals surface area contributed by atoms with E-state index in [9.17, 15) is 9.90 Å². The molecule has 0 saturated heterocycles. The van der Waals surface area contributed by atoms with Crippen molar-refractivity contribution in [3.05, 3.63) is 0 Å². The molecule has 3 atom stereocenters. The number of carboxylic acid groups (broad SMARTS) is 1.